The van der Waals surface area contributed by atoms with Gasteiger partial charge >= 0.3 is 0 Å². The molecular weight excluding hydrogens is 180 g/mol. The molecule has 0 amide bonds. The summed E-state index contributed by atoms with van der Waals surface area (Å²) in [5.74, 6) is 2.21. The number of unbranched alkanes of at least 4 members (excludes halogenated alkanes) is 1. The number of rotatable bonds is 9. The van der Waals surface area contributed by atoms with Crippen molar-refractivity contribution < 1.29 is 5.11 Å². The highest BCUT2D eigenvalue weighted by atomic mass is 32.2. The minimum Gasteiger partial charge on any atom is -0.393 e. The SMILES string of the molecule is C=CCSCCCCC(O)CC=C. The highest BCUT2D eigenvalue weighted by Crippen LogP contribution is 2.09. The minimum atomic E-state index is -0.179. The zero-order chi connectivity index (χ0) is 9.94. The summed E-state index contributed by atoms with van der Waals surface area (Å²) < 4.78 is 0. The third-order valence-corrected chi connectivity index (χ3v) is 2.80. The van der Waals surface area contributed by atoms with Crippen molar-refractivity contribution in [3.63, 3.8) is 0 Å². The van der Waals surface area contributed by atoms with Crippen LogP contribution in [0.15, 0.2) is 25.3 Å². The fraction of sp³-hybridized carbons (Fsp3) is 0.636. The zero-order valence-electron chi connectivity index (χ0n) is 8.24. The molecule has 0 aliphatic carbocycles. The predicted octanol–water partition coefficient (Wildman–Crippen LogP) is 3.01. The van der Waals surface area contributed by atoms with Gasteiger partial charge in [0.15, 0.2) is 0 Å². The van der Waals surface area contributed by atoms with Crippen LogP contribution in [-0.4, -0.2) is 22.7 Å². The molecule has 0 rings (SSSR count). The molecule has 0 aliphatic rings. The molecule has 0 spiro atoms. The van der Waals surface area contributed by atoms with Gasteiger partial charge in [0.25, 0.3) is 0 Å². The van der Waals surface area contributed by atoms with Crippen molar-refractivity contribution in [2.75, 3.05) is 11.5 Å². The Bertz CT molecular complexity index is 134. The first-order valence-corrected chi connectivity index (χ1v) is 5.94. The summed E-state index contributed by atoms with van der Waals surface area (Å²) in [4.78, 5) is 0. The first-order valence-electron chi connectivity index (χ1n) is 4.79. The number of aliphatic hydroxyl groups is 1. The van der Waals surface area contributed by atoms with Crippen molar-refractivity contribution in [2.24, 2.45) is 0 Å². The maximum atomic E-state index is 9.36. The van der Waals surface area contributed by atoms with E-state index in [1.165, 1.54) is 12.2 Å². The summed E-state index contributed by atoms with van der Waals surface area (Å²) >= 11 is 1.90. The minimum absolute atomic E-state index is 0.179. The molecule has 13 heavy (non-hydrogen) atoms. The normalized spacial score (nSPS) is 12.4. The standard InChI is InChI=1S/C11H20OS/c1-3-7-11(12)8-5-6-10-13-9-4-2/h3-4,11-12H,1-2,5-10H2. The Morgan fingerprint density at radius 3 is 2.62 bits per heavy atom. The highest BCUT2D eigenvalue weighted by Gasteiger charge is 1.99. The largest absolute Gasteiger partial charge is 0.393 e. The van der Waals surface area contributed by atoms with Gasteiger partial charge in [0.05, 0.1) is 6.10 Å². The van der Waals surface area contributed by atoms with E-state index in [2.05, 4.69) is 13.2 Å². The molecule has 1 N–H and O–H groups in total. The van der Waals surface area contributed by atoms with Gasteiger partial charge in [-0.25, -0.2) is 0 Å². The van der Waals surface area contributed by atoms with Gasteiger partial charge in [-0.05, 0) is 25.0 Å². The summed E-state index contributed by atoms with van der Waals surface area (Å²) in [7, 11) is 0. The van der Waals surface area contributed by atoms with Crippen molar-refractivity contribution in [3.05, 3.63) is 25.3 Å². The fourth-order valence-corrected chi connectivity index (χ4v) is 1.80. The lowest BCUT2D eigenvalue weighted by molar-refractivity contribution is 0.165. The van der Waals surface area contributed by atoms with Crippen molar-refractivity contribution >= 4 is 11.8 Å². The number of hydrogen-bond acceptors (Lipinski definition) is 2. The summed E-state index contributed by atoms with van der Waals surface area (Å²) in [5.41, 5.74) is 0. The van der Waals surface area contributed by atoms with Gasteiger partial charge in [0.1, 0.15) is 0 Å². The van der Waals surface area contributed by atoms with E-state index >= 15 is 0 Å². The Kier molecular flexibility index (Phi) is 9.72. The Balaban J connectivity index is 3.05. The molecule has 0 radical (unpaired) electrons. The van der Waals surface area contributed by atoms with Crippen LogP contribution in [0.4, 0.5) is 0 Å². The lowest BCUT2D eigenvalue weighted by Gasteiger charge is -2.06. The van der Waals surface area contributed by atoms with Gasteiger partial charge in [-0.15, -0.1) is 13.2 Å². The molecule has 1 atom stereocenters. The van der Waals surface area contributed by atoms with Gasteiger partial charge < -0.3 is 5.11 Å². The molecule has 0 saturated carbocycles. The molecule has 0 saturated heterocycles. The second kappa shape index (κ2) is 9.87. The van der Waals surface area contributed by atoms with Gasteiger partial charge in [0.2, 0.25) is 0 Å². The van der Waals surface area contributed by atoms with Crippen LogP contribution in [-0.2, 0) is 0 Å². The lowest BCUT2D eigenvalue weighted by atomic mass is 10.1. The third kappa shape index (κ3) is 9.71. The van der Waals surface area contributed by atoms with Crippen LogP contribution in [0, 0.1) is 0 Å². The molecule has 76 valence electrons. The summed E-state index contributed by atoms with van der Waals surface area (Å²) in [6.07, 6.45) is 7.45. The summed E-state index contributed by atoms with van der Waals surface area (Å²) in [6, 6.07) is 0. The van der Waals surface area contributed by atoms with Crippen LogP contribution in [0.3, 0.4) is 0 Å². The topological polar surface area (TPSA) is 20.2 Å². The molecule has 0 fully saturated rings. The average Bonchev–Trinajstić information content (AvgIpc) is 2.11. The van der Waals surface area contributed by atoms with Crippen LogP contribution < -0.4 is 0 Å². The molecule has 0 heterocycles. The van der Waals surface area contributed by atoms with Crippen molar-refractivity contribution in [3.8, 4) is 0 Å². The molecular formula is C11H20OS. The second-order valence-corrected chi connectivity index (χ2v) is 4.19. The van der Waals surface area contributed by atoms with E-state index in [4.69, 9.17) is 0 Å². The smallest absolute Gasteiger partial charge is 0.0574 e. The van der Waals surface area contributed by atoms with Gasteiger partial charge in [-0.1, -0.05) is 18.6 Å². The molecule has 1 unspecified atom stereocenters. The van der Waals surface area contributed by atoms with Crippen LogP contribution >= 0.6 is 11.8 Å². The Hall–Kier alpha value is -0.210. The monoisotopic (exact) mass is 200 g/mol. The lowest BCUT2D eigenvalue weighted by Crippen LogP contribution is -2.04. The van der Waals surface area contributed by atoms with Crippen LogP contribution in [0.5, 0.6) is 0 Å². The first kappa shape index (κ1) is 12.8. The van der Waals surface area contributed by atoms with E-state index in [9.17, 15) is 5.11 Å². The number of aliphatic hydroxyl groups excluding tert-OH is 1. The maximum Gasteiger partial charge on any atom is 0.0574 e. The Morgan fingerprint density at radius 2 is 2.00 bits per heavy atom. The second-order valence-electron chi connectivity index (χ2n) is 3.04. The van der Waals surface area contributed by atoms with Gasteiger partial charge in [0, 0.05) is 5.75 Å². The fourth-order valence-electron chi connectivity index (χ4n) is 1.06. The van der Waals surface area contributed by atoms with E-state index in [1.54, 1.807) is 6.08 Å². The first-order chi connectivity index (χ1) is 6.31. The zero-order valence-corrected chi connectivity index (χ0v) is 9.06. The number of hydrogen-bond donors (Lipinski definition) is 1. The molecule has 0 aliphatic heterocycles. The van der Waals surface area contributed by atoms with Crippen LogP contribution in [0.1, 0.15) is 25.7 Å². The Labute approximate surface area is 85.9 Å². The Morgan fingerprint density at radius 1 is 1.23 bits per heavy atom. The van der Waals surface area contributed by atoms with E-state index < -0.39 is 0 Å². The van der Waals surface area contributed by atoms with Crippen molar-refractivity contribution in [1.29, 1.82) is 0 Å². The quantitative estimate of drug-likeness (QED) is 0.456. The molecule has 0 aromatic carbocycles. The predicted molar refractivity (Wildman–Crippen MR) is 62.2 cm³/mol. The molecule has 0 bridgehead atoms. The summed E-state index contributed by atoms with van der Waals surface area (Å²) in [5, 5.41) is 9.36. The van der Waals surface area contributed by atoms with E-state index in [1.807, 2.05) is 17.8 Å². The third-order valence-electron chi connectivity index (χ3n) is 1.75. The average molecular weight is 200 g/mol. The van der Waals surface area contributed by atoms with Crippen LogP contribution in [0.2, 0.25) is 0 Å². The van der Waals surface area contributed by atoms with E-state index in [0.29, 0.717) is 0 Å². The maximum absolute atomic E-state index is 9.36. The molecule has 0 aromatic heterocycles. The van der Waals surface area contributed by atoms with Gasteiger partial charge in [-0.3, -0.25) is 0 Å². The summed E-state index contributed by atoms with van der Waals surface area (Å²) in [6.45, 7) is 7.25. The van der Waals surface area contributed by atoms with E-state index in [0.717, 1.165) is 25.0 Å². The molecule has 0 aromatic rings. The van der Waals surface area contributed by atoms with Crippen molar-refractivity contribution in [2.45, 2.75) is 31.8 Å². The highest BCUT2D eigenvalue weighted by molar-refractivity contribution is 7.99. The molecule has 2 heteroatoms. The molecule has 1 nitrogen and oxygen atoms in total. The van der Waals surface area contributed by atoms with Gasteiger partial charge in [-0.2, -0.15) is 11.8 Å². The van der Waals surface area contributed by atoms with Crippen LogP contribution in [0.25, 0.3) is 0 Å². The number of thioether (sulfide) groups is 1. The van der Waals surface area contributed by atoms with Crippen molar-refractivity contribution in [1.82, 2.24) is 0 Å². The van der Waals surface area contributed by atoms with E-state index in [-0.39, 0.29) is 6.10 Å².